The highest BCUT2D eigenvalue weighted by atomic mass is 16.3. The summed E-state index contributed by atoms with van der Waals surface area (Å²) in [6, 6.07) is 75.3. The SMILES string of the molecule is c1ccc(-c2ccc(N(c3ccc(-c4ccccc4-c4cc5ccccc5o4)cc3)c3cc(-c4ccccc4)cc(-c4ccccc4)c3)cc2)cc1. The van der Waals surface area contributed by atoms with Gasteiger partial charge in [-0.05, 0) is 99.1 Å². The van der Waals surface area contributed by atoms with Crippen LogP contribution in [0.4, 0.5) is 17.1 Å². The summed E-state index contributed by atoms with van der Waals surface area (Å²) < 4.78 is 6.32. The predicted molar refractivity (Wildman–Crippen MR) is 218 cm³/mol. The second-order valence-electron chi connectivity index (χ2n) is 13.0. The van der Waals surface area contributed by atoms with E-state index in [9.17, 15) is 0 Å². The first-order chi connectivity index (χ1) is 25.8. The van der Waals surface area contributed by atoms with Crippen molar-refractivity contribution >= 4 is 28.0 Å². The van der Waals surface area contributed by atoms with Crippen molar-refractivity contribution in [3.63, 3.8) is 0 Å². The minimum Gasteiger partial charge on any atom is -0.456 e. The number of rotatable bonds is 8. The van der Waals surface area contributed by atoms with E-state index in [1.807, 2.05) is 18.2 Å². The van der Waals surface area contributed by atoms with Gasteiger partial charge >= 0.3 is 0 Å². The Kier molecular flexibility index (Phi) is 8.24. The maximum absolute atomic E-state index is 6.32. The van der Waals surface area contributed by atoms with Gasteiger partial charge in [-0.2, -0.15) is 0 Å². The molecular weight excluding hydrogens is 631 g/mol. The first kappa shape index (κ1) is 31.1. The highest BCUT2D eigenvalue weighted by Crippen LogP contribution is 2.42. The number of hydrogen-bond donors (Lipinski definition) is 0. The topological polar surface area (TPSA) is 16.4 Å². The van der Waals surface area contributed by atoms with E-state index in [4.69, 9.17) is 4.42 Å². The molecular formula is C50H35NO. The van der Waals surface area contributed by atoms with Gasteiger partial charge in [0.1, 0.15) is 11.3 Å². The second-order valence-corrected chi connectivity index (χ2v) is 13.0. The quantitative estimate of drug-likeness (QED) is 0.161. The minimum absolute atomic E-state index is 0.868. The van der Waals surface area contributed by atoms with Crippen LogP contribution in [0.1, 0.15) is 0 Å². The van der Waals surface area contributed by atoms with Gasteiger partial charge in [-0.25, -0.2) is 0 Å². The first-order valence-electron chi connectivity index (χ1n) is 17.7. The fourth-order valence-electron chi connectivity index (χ4n) is 7.07. The second kappa shape index (κ2) is 13.8. The Labute approximate surface area is 304 Å². The number of nitrogens with zero attached hydrogens (tertiary/aromatic N) is 1. The molecule has 0 N–H and O–H groups in total. The molecule has 0 atom stereocenters. The van der Waals surface area contributed by atoms with Crippen LogP contribution < -0.4 is 4.90 Å². The summed E-state index contributed by atoms with van der Waals surface area (Å²) in [4.78, 5) is 2.36. The van der Waals surface area contributed by atoms with E-state index in [1.165, 1.54) is 33.4 Å². The highest BCUT2D eigenvalue weighted by Gasteiger charge is 2.18. The summed E-state index contributed by atoms with van der Waals surface area (Å²) in [5, 5.41) is 1.10. The van der Waals surface area contributed by atoms with Crippen LogP contribution in [0.15, 0.2) is 217 Å². The van der Waals surface area contributed by atoms with Crippen LogP contribution >= 0.6 is 0 Å². The van der Waals surface area contributed by atoms with Crippen molar-refractivity contribution in [2.24, 2.45) is 0 Å². The maximum Gasteiger partial charge on any atom is 0.136 e. The molecule has 9 aromatic rings. The lowest BCUT2D eigenvalue weighted by atomic mass is 9.96. The molecule has 2 heteroatoms. The normalized spacial score (nSPS) is 11.1. The van der Waals surface area contributed by atoms with E-state index in [2.05, 4.69) is 199 Å². The Morgan fingerprint density at radius 2 is 0.731 bits per heavy atom. The molecule has 0 saturated carbocycles. The van der Waals surface area contributed by atoms with Crippen LogP contribution in [0.3, 0.4) is 0 Å². The molecule has 2 nitrogen and oxygen atoms in total. The van der Waals surface area contributed by atoms with E-state index in [-0.39, 0.29) is 0 Å². The predicted octanol–water partition coefficient (Wildman–Crippen LogP) is 14.2. The molecule has 0 aliphatic heterocycles. The van der Waals surface area contributed by atoms with Gasteiger partial charge < -0.3 is 9.32 Å². The monoisotopic (exact) mass is 665 g/mol. The lowest BCUT2D eigenvalue weighted by molar-refractivity contribution is 0.632. The number of fused-ring (bicyclic) bond motifs is 1. The first-order valence-corrected chi connectivity index (χ1v) is 17.7. The summed E-state index contributed by atoms with van der Waals surface area (Å²) in [6.45, 7) is 0. The van der Waals surface area contributed by atoms with Crippen LogP contribution in [0, 0.1) is 0 Å². The number of anilines is 3. The van der Waals surface area contributed by atoms with Crippen molar-refractivity contribution in [1.29, 1.82) is 0 Å². The molecule has 0 unspecified atom stereocenters. The summed E-state index contributed by atoms with van der Waals surface area (Å²) in [5.74, 6) is 0.868. The van der Waals surface area contributed by atoms with Crippen molar-refractivity contribution in [2.45, 2.75) is 0 Å². The molecule has 0 radical (unpaired) electrons. The standard InChI is InChI=1S/C50H35NO/c1-4-14-36(15-5-1)39-24-28-44(29-25-39)51(46-33-42(37-16-6-2-7-17-37)32-43(34-46)38-18-8-3-9-19-38)45-30-26-40(27-31-45)47-21-11-12-22-48(47)50-35-41-20-10-13-23-49(41)52-50/h1-35H. The van der Waals surface area contributed by atoms with Crippen LogP contribution in [-0.2, 0) is 0 Å². The largest absolute Gasteiger partial charge is 0.456 e. The smallest absolute Gasteiger partial charge is 0.136 e. The Balaban J connectivity index is 1.17. The summed E-state index contributed by atoms with van der Waals surface area (Å²) in [6.07, 6.45) is 0. The fourth-order valence-corrected chi connectivity index (χ4v) is 7.07. The van der Waals surface area contributed by atoms with Crippen molar-refractivity contribution in [1.82, 2.24) is 0 Å². The van der Waals surface area contributed by atoms with E-state index in [0.29, 0.717) is 0 Å². The zero-order valence-electron chi connectivity index (χ0n) is 28.6. The molecule has 0 bridgehead atoms. The van der Waals surface area contributed by atoms with E-state index in [1.54, 1.807) is 0 Å². The Hall–Kier alpha value is -6.90. The Morgan fingerprint density at radius 3 is 1.29 bits per heavy atom. The van der Waals surface area contributed by atoms with Gasteiger partial charge in [-0.1, -0.05) is 158 Å². The molecule has 8 aromatic carbocycles. The Bertz CT molecular complexity index is 2500. The average Bonchev–Trinajstić information content (AvgIpc) is 3.67. The molecule has 0 aliphatic carbocycles. The van der Waals surface area contributed by atoms with Gasteiger partial charge in [-0.15, -0.1) is 0 Å². The fraction of sp³-hybridized carbons (Fsp3) is 0. The van der Waals surface area contributed by atoms with Gasteiger partial charge in [0.2, 0.25) is 0 Å². The van der Waals surface area contributed by atoms with Gasteiger partial charge in [0, 0.05) is 28.0 Å². The zero-order chi connectivity index (χ0) is 34.7. The van der Waals surface area contributed by atoms with E-state index in [0.717, 1.165) is 50.5 Å². The number of furan rings is 1. The highest BCUT2D eigenvalue weighted by molar-refractivity contribution is 5.90. The minimum atomic E-state index is 0.868. The van der Waals surface area contributed by atoms with Crippen molar-refractivity contribution < 1.29 is 4.42 Å². The van der Waals surface area contributed by atoms with Gasteiger partial charge in [0.15, 0.2) is 0 Å². The maximum atomic E-state index is 6.32. The molecule has 0 aliphatic rings. The van der Waals surface area contributed by atoms with E-state index < -0.39 is 0 Å². The van der Waals surface area contributed by atoms with Crippen molar-refractivity contribution in [3.05, 3.63) is 212 Å². The third-order valence-corrected chi connectivity index (χ3v) is 9.68. The molecule has 0 fully saturated rings. The molecule has 1 aromatic heterocycles. The molecule has 0 spiro atoms. The van der Waals surface area contributed by atoms with Crippen molar-refractivity contribution in [2.75, 3.05) is 4.90 Å². The molecule has 246 valence electrons. The zero-order valence-corrected chi connectivity index (χ0v) is 28.6. The Morgan fingerprint density at radius 1 is 0.288 bits per heavy atom. The lowest BCUT2D eigenvalue weighted by Gasteiger charge is -2.27. The van der Waals surface area contributed by atoms with Crippen LogP contribution in [-0.4, -0.2) is 0 Å². The lowest BCUT2D eigenvalue weighted by Crippen LogP contribution is -2.10. The molecule has 52 heavy (non-hydrogen) atoms. The molecule has 0 amide bonds. The van der Waals surface area contributed by atoms with Gasteiger partial charge in [0.05, 0.1) is 0 Å². The van der Waals surface area contributed by atoms with Crippen LogP contribution in [0.25, 0.3) is 66.8 Å². The number of para-hydroxylation sites is 1. The van der Waals surface area contributed by atoms with Gasteiger partial charge in [-0.3, -0.25) is 0 Å². The number of benzene rings is 8. The average molecular weight is 666 g/mol. The summed E-state index contributed by atoms with van der Waals surface area (Å²) in [5.41, 5.74) is 14.5. The van der Waals surface area contributed by atoms with Gasteiger partial charge in [0.25, 0.3) is 0 Å². The third kappa shape index (κ3) is 6.19. The molecule has 0 saturated heterocycles. The van der Waals surface area contributed by atoms with Crippen molar-refractivity contribution in [3.8, 4) is 55.8 Å². The molecule has 1 heterocycles. The van der Waals surface area contributed by atoms with Crippen LogP contribution in [0.5, 0.6) is 0 Å². The summed E-state index contributed by atoms with van der Waals surface area (Å²) in [7, 11) is 0. The van der Waals surface area contributed by atoms with E-state index >= 15 is 0 Å². The summed E-state index contributed by atoms with van der Waals surface area (Å²) >= 11 is 0. The number of hydrogen-bond acceptors (Lipinski definition) is 2. The molecule has 9 rings (SSSR count). The van der Waals surface area contributed by atoms with Crippen LogP contribution in [0.2, 0.25) is 0 Å². The third-order valence-electron chi connectivity index (χ3n) is 9.68.